The smallest absolute Gasteiger partial charge is 0.100 e. The summed E-state index contributed by atoms with van der Waals surface area (Å²) in [6.45, 7) is 4.35. The van der Waals surface area contributed by atoms with Crippen molar-refractivity contribution in [2.24, 2.45) is 0 Å². The molecular weight excluding hydrogens is 206 g/mol. The van der Waals surface area contributed by atoms with Crippen molar-refractivity contribution in [2.75, 3.05) is 20.6 Å². The Labute approximate surface area is 96.2 Å². The molecule has 3 nitrogen and oxygen atoms in total. The van der Waals surface area contributed by atoms with Crippen LogP contribution in [0.4, 0.5) is 0 Å². The summed E-state index contributed by atoms with van der Waals surface area (Å²) in [5.41, 5.74) is 1.10. The fourth-order valence-electron chi connectivity index (χ4n) is 1.44. The van der Waals surface area contributed by atoms with Gasteiger partial charge in [0.25, 0.3) is 0 Å². The van der Waals surface area contributed by atoms with Crippen molar-refractivity contribution in [1.82, 2.24) is 15.2 Å². The Morgan fingerprint density at radius 1 is 1.73 bits per heavy atom. The molecule has 15 heavy (non-hydrogen) atoms. The number of thiocarbonyl (C=S) groups is 1. The second-order valence-corrected chi connectivity index (χ2v) is 3.97. The molecule has 0 saturated carbocycles. The van der Waals surface area contributed by atoms with Gasteiger partial charge in [-0.1, -0.05) is 18.3 Å². The minimum Gasteiger partial charge on any atom is -0.375 e. The lowest BCUT2D eigenvalue weighted by atomic mass is 10.2. The van der Waals surface area contributed by atoms with Crippen LogP contribution in [0, 0.1) is 0 Å². The average Bonchev–Trinajstić information content (AvgIpc) is 2.67. The Morgan fingerprint density at radius 2 is 2.47 bits per heavy atom. The molecule has 1 aromatic rings. The maximum Gasteiger partial charge on any atom is 0.100 e. The maximum absolute atomic E-state index is 5.34. The van der Waals surface area contributed by atoms with Crippen molar-refractivity contribution in [1.29, 1.82) is 0 Å². The third-order valence-electron chi connectivity index (χ3n) is 2.10. The van der Waals surface area contributed by atoms with Crippen LogP contribution in [0.15, 0.2) is 31.0 Å². The lowest BCUT2D eigenvalue weighted by Crippen LogP contribution is -2.35. The molecule has 2 N–H and O–H groups in total. The zero-order chi connectivity index (χ0) is 11.3. The summed E-state index contributed by atoms with van der Waals surface area (Å²) in [7, 11) is 4.01. The van der Waals surface area contributed by atoms with Crippen LogP contribution >= 0.6 is 12.2 Å². The molecule has 0 aromatic carbocycles. The van der Waals surface area contributed by atoms with Gasteiger partial charge in [-0.15, -0.1) is 6.58 Å². The number of likely N-dealkylation sites (N-methyl/N-ethyl adjacent to an activating group) is 1. The van der Waals surface area contributed by atoms with Gasteiger partial charge in [-0.25, -0.2) is 0 Å². The molecule has 0 aliphatic heterocycles. The van der Waals surface area contributed by atoms with E-state index in [1.165, 1.54) is 0 Å². The number of rotatable bonds is 5. The second-order valence-electron chi connectivity index (χ2n) is 3.53. The molecule has 0 spiro atoms. The first-order valence-electron chi connectivity index (χ1n) is 4.85. The van der Waals surface area contributed by atoms with Gasteiger partial charge >= 0.3 is 0 Å². The zero-order valence-corrected chi connectivity index (χ0v) is 9.97. The number of H-pyrrole nitrogens is 1. The summed E-state index contributed by atoms with van der Waals surface area (Å²) in [5.74, 6) is 0. The Hall–Kier alpha value is -1.13. The molecule has 1 aromatic heterocycles. The van der Waals surface area contributed by atoms with Crippen molar-refractivity contribution in [2.45, 2.75) is 6.04 Å². The van der Waals surface area contributed by atoms with Gasteiger partial charge in [-0.2, -0.15) is 0 Å². The van der Waals surface area contributed by atoms with E-state index in [1.54, 1.807) is 6.08 Å². The van der Waals surface area contributed by atoms with Crippen molar-refractivity contribution in [3.63, 3.8) is 0 Å². The van der Waals surface area contributed by atoms with Gasteiger partial charge in [0.2, 0.25) is 0 Å². The van der Waals surface area contributed by atoms with Crippen LogP contribution in [0.25, 0.3) is 0 Å². The molecule has 1 unspecified atom stereocenters. The Morgan fingerprint density at radius 3 is 2.93 bits per heavy atom. The van der Waals surface area contributed by atoms with Gasteiger partial charge in [0.1, 0.15) is 6.04 Å². The molecule has 0 aliphatic carbocycles. The predicted molar refractivity (Wildman–Crippen MR) is 68.0 cm³/mol. The van der Waals surface area contributed by atoms with Gasteiger partial charge < -0.3 is 10.3 Å². The van der Waals surface area contributed by atoms with E-state index in [-0.39, 0.29) is 6.04 Å². The lowest BCUT2D eigenvalue weighted by molar-refractivity contribution is 0.363. The fraction of sp³-hybridized carbons (Fsp3) is 0.364. The molecule has 0 fully saturated rings. The van der Waals surface area contributed by atoms with Crippen molar-refractivity contribution in [3.8, 4) is 0 Å². The van der Waals surface area contributed by atoms with E-state index in [0.29, 0.717) is 6.54 Å². The first kappa shape index (κ1) is 11.9. The highest BCUT2D eigenvalue weighted by molar-refractivity contribution is 7.80. The summed E-state index contributed by atoms with van der Waals surface area (Å²) in [4.78, 5) is 6.06. The fourth-order valence-corrected chi connectivity index (χ4v) is 1.86. The van der Waals surface area contributed by atoms with Crippen LogP contribution in [-0.2, 0) is 0 Å². The minimum atomic E-state index is 0.0925. The van der Waals surface area contributed by atoms with Crippen molar-refractivity contribution >= 4 is 17.2 Å². The van der Waals surface area contributed by atoms with E-state index in [2.05, 4.69) is 21.8 Å². The van der Waals surface area contributed by atoms with Crippen LogP contribution in [0.1, 0.15) is 11.7 Å². The van der Waals surface area contributed by atoms with Crippen LogP contribution in [0.2, 0.25) is 0 Å². The van der Waals surface area contributed by atoms with E-state index in [0.717, 1.165) is 10.7 Å². The van der Waals surface area contributed by atoms with Gasteiger partial charge in [0.15, 0.2) is 0 Å². The number of aromatic amines is 1. The molecule has 0 radical (unpaired) electrons. The van der Waals surface area contributed by atoms with Crippen LogP contribution in [-0.4, -0.2) is 35.5 Å². The highest BCUT2D eigenvalue weighted by atomic mass is 32.1. The Balaban J connectivity index is 2.75. The summed E-state index contributed by atoms with van der Waals surface area (Å²) in [5, 5.41) is 3.15. The van der Waals surface area contributed by atoms with Crippen molar-refractivity contribution in [3.05, 3.63) is 36.7 Å². The molecule has 1 rings (SSSR count). The second kappa shape index (κ2) is 5.68. The maximum atomic E-state index is 5.34. The van der Waals surface area contributed by atoms with Gasteiger partial charge in [-0.3, -0.25) is 4.90 Å². The van der Waals surface area contributed by atoms with Crippen LogP contribution < -0.4 is 5.32 Å². The quantitative estimate of drug-likeness (QED) is 0.589. The van der Waals surface area contributed by atoms with Crippen LogP contribution in [0.3, 0.4) is 0 Å². The van der Waals surface area contributed by atoms with Gasteiger partial charge in [0.05, 0.1) is 4.99 Å². The molecule has 1 heterocycles. The van der Waals surface area contributed by atoms with Crippen molar-refractivity contribution < 1.29 is 0 Å². The first-order valence-corrected chi connectivity index (χ1v) is 5.26. The number of hydrogen-bond acceptors (Lipinski definition) is 2. The Bertz CT molecular complexity index is 317. The highest BCUT2D eigenvalue weighted by Gasteiger charge is 2.19. The number of nitrogens with zero attached hydrogens (tertiary/aromatic N) is 1. The molecule has 1 atom stereocenters. The van der Waals surface area contributed by atoms with E-state index < -0.39 is 0 Å². The van der Waals surface area contributed by atoms with E-state index in [4.69, 9.17) is 12.2 Å². The molecular formula is C11H17N3S. The molecule has 0 aliphatic rings. The molecule has 0 bridgehead atoms. The summed E-state index contributed by atoms with van der Waals surface area (Å²) in [6.07, 6.45) is 3.70. The lowest BCUT2D eigenvalue weighted by Gasteiger charge is -2.24. The molecule has 82 valence electrons. The van der Waals surface area contributed by atoms with E-state index in [9.17, 15) is 0 Å². The van der Waals surface area contributed by atoms with Gasteiger partial charge in [0, 0.05) is 18.4 Å². The SMILES string of the molecule is C=CCNC(=S)C(c1ccc[nH]1)N(C)C. The van der Waals surface area contributed by atoms with Gasteiger partial charge in [-0.05, 0) is 26.2 Å². The van der Waals surface area contributed by atoms with Crippen LogP contribution in [0.5, 0.6) is 0 Å². The topological polar surface area (TPSA) is 31.1 Å². The largest absolute Gasteiger partial charge is 0.375 e. The number of aromatic nitrogens is 1. The highest BCUT2D eigenvalue weighted by Crippen LogP contribution is 2.16. The third-order valence-corrected chi connectivity index (χ3v) is 2.47. The average molecular weight is 223 g/mol. The number of nitrogens with one attached hydrogen (secondary N) is 2. The minimum absolute atomic E-state index is 0.0925. The first-order chi connectivity index (χ1) is 7.16. The van der Waals surface area contributed by atoms with E-state index in [1.807, 2.05) is 32.4 Å². The summed E-state index contributed by atoms with van der Waals surface area (Å²) < 4.78 is 0. The monoisotopic (exact) mass is 223 g/mol. The standard InChI is InChI=1S/C11H17N3S/c1-4-7-13-11(15)10(14(2)3)9-6-5-8-12-9/h4-6,8,10,12H,1,7H2,2-3H3,(H,13,15). The summed E-state index contributed by atoms with van der Waals surface area (Å²) >= 11 is 5.34. The summed E-state index contributed by atoms with van der Waals surface area (Å²) in [6, 6.07) is 4.10. The number of hydrogen-bond donors (Lipinski definition) is 2. The third kappa shape index (κ3) is 3.18. The zero-order valence-electron chi connectivity index (χ0n) is 9.16. The molecule has 4 heteroatoms. The van der Waals surface area contributed by atoms with E-state index >= 15 is 0 Å². The molecule has 0 saturated heterocycles. The normalized spacial score (nSPS) is 12.5. The predicted octanol–water partition coefficient (Wildman–Crippen LogP) is 1.72. The Kier molecular flexibility index (Phi) is 4.52. The molecule has 0 amide bonds.